The molecule has 36 heavy (non-hydrogen) atoms. The summed E-state index contributed by atoms with van der Waals surface area (Å²) in [5.74, 6) is -0.00364. The Morgan fingerprint density at radius 3 is 2.78 bits per heavy atom. The molecule has 5 rings (SSSR count). The lowest BCUT2D eigenvalue weighted by molar-refractivity contribution is -0.118. The molecule has 0 bridgehead atoms. The first-order chi connectivity index (χ1) is 17.2. The molecule has 192 valence electrons. The Bertz CT molecular complexity index is 1180. The van der Waals surface area contributed by atoms with E-state index in [1.165, 1.54) is 0 Å². The van der Waals surface area contributed by atoms with Crippen molar-refractivity contribution in [2.45, 2.75) is 82.3 Å². The number of benzene rings is 1. The van der Waals surface area contributed by atoms with E-state index in [2.05, 4.69) is 20.8 Å². The number of rotatable bonds is 7. The van der Waals surface area contributed by atoms with Crippen LogP contribution in [0.2, 0.25) is 5.02 Å². The van der Waals surface area contributed by atoms with Gasteiger partial charge in [-0.25, -0.2) is 4.79 Å². The fraction of sp³-hybridized carbons (Fsp3) is 0.538. The van der Waals surface area contributed by atoms with Gasteiger partial charge in [0.2, 0.25) is 11.8 Å². The molecule has 10 heteroatoms. The van der Waals surface area contributed by atoms with Crippen molar-refractivity contribution in [3.8, 4) is 0 Å². The van der Waals surface area contributed by atoms with E-state index in [-0.39, 0.29) is 35.5 Å². The number of ether oxygens (including phenoxy) is 1. The number of aromatic nitrogens is 2. The first-order valence-corrected chi connectivity index (χ1v) is 13.0. The minimum Gasteiger partial charge on any atom is -0.446 e. The van der Waals surface area contributed by atoms with E-state index < -0.39 is 5.92 Å². The van der Waals surface area contributed by atoms with Crippen LogP contribution in [0.4, 0.5) is 16.3 Å². The predicted octanol–water partition coefficient (Wildman–Crippen LogP) is 4.85. The molecule has 0 radical (unpaired) electrons. The molecule has 1 aromatic carbocycles. The fourth-order valence-electron chi connectivity index (χ4n) is 5.01. The van der Waals surface area contributed by atoms with E-state index in [1.807, 2.05) is 25.1 Å². The van der Waals surface area contributed by atoms with Gasteiger partial charge in [0, 0.05) is 46.9 Å². The van der Waals surface area contributed by atoms with Gasteiger partial charge in [-0.15, -0.1) is 0 Å². The number of carbonyl (C=O) groups excluding carboxylic acids is 3. The Hall–Kier alpha value is -3.07. The van der Waals surface area contributed by atoms with Crippen LogP contribution in [0, 0.1) is 0 Å². The van der Waals surface area contributed by atoms with Crippen LogP contribution in [0.25, 0.3) is 0 Å². The Morgan fingerprint density at radius 1 is 1.28 bits per heavy atom. The van der Waals surface area contributed by atoms with Crippen molar-refractivity contribution in [3.05, 3.63) is 40.5 Å². The van der Waals surface area contributed by atoms with Crippen LogP contribution in [-0.4, -0.2) is 46.3 Å². The predicted molar refractivity (Wildman–Crippen MR) is 136 cm³/mol. The zero-order chi connectivity index (χ0) is 25.4. The molecule has 1 aliphatic heterocycles. The number of hydrogen-bond acceptors (Lipinski definition) is 5. The summed E-state index contributed by atoms with van der Waals surface area (Å²) in [7, 11) is 0. The van der Waals surface area contributed by atoms with Gasteiger partial charge < -0.3 is 20.3 Å². The number of aromatic amines is 1. The second kappa shape index (κ2) is 9.76. The van der Waals surface area contributed by atoms with Gasteiger partial charge in [-0.1, -0.05) is 17.7 Å². The molecule has 2 aromatic rings. The molecule has 9 nitrogen and oxygen atoms in total. The molecule has 0 spiro atoms. The van der Waals surface area contributed by atoms with Crippen molar-refractivity contribution in [1.82, 2.24) is 15.5 Å². The Morgan fingerprint density at radius 2 is 2.08 bits per heavy atom. The Balaban J connectivity index is 1.15. The third kappa shape index (κ3) is 5.36. The molecule has 1 aromatic heterocycles. The molecule has 2 heterocycles. The van der Waals surface area contributed by atoms with Crippen LogP contribution in [0.15, 0.2) is 24.3 Å². The second-order valence-electron chi connectivity index (χ2n) is 10.5. The van der Waals surface area contributed by atoms with E-state index in [0.717, 1.165) is 49.9 Å². The molecule has 3 atom stereocenters. The van der Waals surface area contributed by atoms with Crippen molar-refractivity contribution in [1.29, 1.82) is 0 Å². The minimum atomic E-state index is -0.503. The normalized spacial score (nSPS) is 23.4. The third-order valence-electron chi connectivity index (χ3n) is 7.58. The number of amides is 3. The van der Waals surface area contributed by atoms with Crippen LogP contribution in [0.5, 0.6) is 0 Å². The molecular formula is C26H32ClN5O4. The van der Waals surface area contributed by atoms with E-state index in [9.17, 15) is 14.4 Å². The lowest BCUT2D eigenvalue weighted by Crippen LogP contribution is -2.36. The highest BCUT2D eigenvalue weighted by molar-refractivity contribution is 6.32. The van der Waals surface area contributed by atoms with Crippen molar-refractivity contribution >= 4 is 41.0 Å². The highest BCUT2D eigenvalue weighted by Crippen LogP contribution is 2.38. The number of hydrogen-bond donors (Lipinski definition) is 3. The first kappa shape index (κ1) is 24.6. The zero-order valence-corrected chi connectivity index (χ0v) is 21.4. The highest BCUT2D eigenvalue weighted by atomic mass is 35.5. The number of nitrogens with zero attached hydrogens (tertiary/aromatic N) is 2. The molecule has 3 amide bonds. The smallest absolute Gasteiger partial charge is 0.407 e. The van der Waals surface area contributed by atoms with Crippen LogP contribution >= 0.6 is 11.6 Å². The van der Waals surface area contributed by atoms with Gasteiger partial charge in [-0.05, 0) is 70.1 Å². The number of H-pyrrole nitrogens is 1. The summed E-state index contributed by atoms with van der Waals surface area (Å²) in [6.45, 7) is 4.50. The van der Waals surface area contributed by atoms with Crippen LogP contribution in [0.3, 0.4) is 0 Å². The maximum absolute atomic E-state index is 12.9. The van der Waals surface area contributed by atoms with Crippen LogP contribution in [0.1, 0.15) is 81.9 Å². The Labute approximate surface area is 215 Å². The second-order valence-corrected chi connectivity index (χ2v) is 10.9. The van der Waals surface area contributed by atoms with Crippen LogP contribution in [-0.2, 0) is 14.3 Å². The lowest BCUT2D eigenvalue weighted by Gasteiger charge is -2.19. The summed E-state index contributed by atoms with van der Waals surface area (Å²) in [5, 5.41) is 13.5. The van der Waals surface area contributed by atoms with Crippen molar-refractivity contribution in [3.63, 3.8) is 0 Å². The van der Waals surface area contributed by atoms with Gasteiger partial charge >= 0.3 is 6.09 Å². The van der Waals surface area contributed by atoms with Crippen molar-refractivity contribution in [2.24, 2.45) is 0 Å². The van der Waals surface area contributed by atoms with E-state index in [0.29, 0.717) is 29.4 Å². The SMILES string of the molecule is C[C@H](C(=O)Nc1cc([C@H]2CC[C@@H](OC(=O)NC3(C)CC3)C2)[nH]n1)c1ccc(N2CCCC2=O)cc1Cl. The summed E-state index contributed by atoms with van der Waals surface area (Å²) >= 11 is 6.50. The third-order valence-corrected chi connectivity index (χ3v) is 7.91. The van der Waals surface area contributed by atoms with Gasteiger partial charge in [0.1, 0.15) is 6.10 Å². The monoisotopic (exact) mass is 513 g/mol. The summed E-state index contributed by atoms with van der Waals surface area (Å²) in [5.41, 5.74) is 2.27. The molecule has 3 fully saturated rings. The quantitative estimate of drug-likeness (QED) is 0.489. The number of carbonyl (C=O) groups is 3. The summed E-state index contributed by atoms with van der Waals surface area (Å²) in [6, 6.07) is 7.24. The molecule has 2 aliphatic carbocycles. The maximum atomic E-state index is 12.9. The van der Waals surface area contributed by atoms with Crippen LogP contribution < -0.4 is 15.5 Å². The van der Waals surface area contributed by atoms with Crippen molar-refractivity contribution < 1.29 is 19.1 Å². The average Bonchev–Trinajstić information content (AvgIpc) is 3.25. The largest absolute Gasteiger partial charge is 0.446 e. The maximum Gasteiger partial charge on any atom is 0.407 e. The summed E-state index contributed by atoms with van der Waals surface area (Å²) in [4.78, 5) is 38.8. The minimum absolute atomic E-state index is 0.0926. The summed E-state index contributed by atoms with van der Waals surface area (Å²) < 4.78 is 5.60. The van der Waals surface area contributed by atoms with Crippen molar-refractivity contribution in [2.75, 3.05) is 16.8 Å². The van der Waals surface area contributed by atoms with E-state index in [1.54, 1.807) is 17.9 Å². The number of nitrogens with one attached hydrogen (secondary N) is 3. The number of halogens is 1. The molecule has 2 saturated carbocycles. The number of anilines is 2. The standard InChI is InChI=1S/C26H32ClN5O4/c1-15(19-8-6-17(13-20(19)27)32-11-3-4-23(32)33)24(34)28-22-14-21(30-31-22)16-5-7-18(12-16)36-25(35)29-26(2)9-10-26/h6,8,13-16,18H,3-5,7,9-12H2,1-2H3,(H,29,35)(H2,28,30,31,34)/t15-,16-,18+/m0/s1. The van der Waals surface area contributed by atoms with Gasteiger partial charge in [0.25, 0.3) is 0 Å². The highest BCUT2D eigenvalue weighted by Gasteiger charge is 2.40. The van der Waals surface area contributed by atoms with Gasteiger partial charge in [-0.2, -0.15) is 5.10 Å². The topological polar surface area (TPSA) is 116 Å². The molecule has 1 saturated heterocycles. The molecule has 0 unspecified atom stereocenters. The van der Waals surface area contributed by atoms with E-state index in [4.69, 9.17) is 16.3 Å². The molecule has 3 N–H and O–H groups in total. The van der Waals surface area contributed by atoms with Gasteiger partial charge in [0.05, 0.1) is 5.92 Å². The lowest BCUT2D eigenvalue weighted by atomic mass is 9.99. The van der Waals surface area contributed by atoms with Gasteiger partial charge in [-0.3, -0.25) is 14.7 Å². The van der Waals surface area contributed by atoms with E-state index >= 15 is 0 Å². The van der Waals surface area contributed by atoms with Gasteiger partial charge in [0.15, 0.2) is 5.82 Å². The first-order valence-electron chi connectivity index (χ1n) is 12.7. The zero-order valence-electron chi connectivity index (χ0n) is 20.6. The Kier molecular flexibility index (Phi) is 6.68. The fourth-order valence-corrected chi connectivity index (χ4v) is 5.35. The molecular weight excluding hydrogens is 482 g/mol. The molecule has 3 aliphatic rings. The summed E-state index contributed by atoms with van der Waals surface area (Å²) in [6.07, 6.45) is 5.30. The number of alkyl carbamates (subject to hydrolysis) is 1. The average molecular weight is 514 g/mol.